The van der Waals surface area contributed by atoms with E-state index >= 15 is 0 Å². The van der Waals surface area contributed by atoms with Crippen LogP contribution in [0.15, 0.2) is 30.9 Å². The number of rotatable bonds is 2. The van der Waals surface area contributed by atoms with Gasteiger partial charge in [-0.15, -0.1) is 0 Å². The summed E-state index contributed by atoms with van der Waals surface area (Å²) < 4.78 is 26.1. The highest BCUT2D eigenvalue weighted by Crippen LogP contribution is 2.36. The Labute approximate surface area is 129 Å². The summed E-state index contributed by atoms with van der Waals surface area (Å²) in [5, 5.41) is 0. The van der Waals surface area contributed by atoms with Gasteiger partial charge in [0.15, 0.2) is 0 Å². The van der Waals surface area contributed by atoms with Crippen molar-refractivity contribution in [3.63, 3.8) is 0 Å². The van der Waals surface area contributed by atoms with Gasteiger partial charge in [0, 0.05) is 23.4 Å². The molecule has 0 N–H and O–H groups in total. The molecule has 7 heteroatoms. The molecule has 0 unspecified atom stereocenters. The largest absolute Gasteiger partial charge is 0.499 e. The Kier molecular flexibility index (Phi) is 3.49. The Morgan fingerprint density at radius 1 is 1.00 bits per heavy atom. The molecule has 5 nitrogen and oxygen atoms in total. The predicted octanol–water partition coefficient (Wildman–Crippen LogP) is 1.98. The highest BCUT2D eigenvalue weighted by Gasteiger charge is 2.52. The van der Waals surface area contributed by atoms with Crippen molar-refractivity contribution in [2.45, 2.75) is 38.9 Å². The number of halogens is 1. The van der Waals surface area contributed by atoms with E-state index in [9.17, 15) is 4.39 Å². The Morgan fingerprint density at radius 2 is 1.59 bits per heavy atom. The molecule has 0 atom stereocenters. The number of hydrogen-bond donors (Lipinski definition) is 0. The third-order valence-corrected chi connectivity index (χ3v) is 4.24. The van der Waals surface area contributed by atoms with Gasteiger partial charge >= 0.3 is 7.12 Å². The van der Waals surface area contributed by atoms with E-state index in [1.54, 1.807) is 24.5 Å². The first-order chi connectivity index (χ1) is 10.3. The Balaban J connectivity index is 1.91. The normalized spacial score (nSPS) is 19.4. The molecule has 1 aliphatic rings. The maximum Gasteiger partial charge on any atom is 0.499 e. The molecule has 2 aromatic rings. The van der Waals surface area contributed by atoms with E-state index in [4.69, 9.17) is 9.31 Å². The molecule has 0 spiro atoms. The number of pyridine rings is 1. The SMILES string of the molecule is CC1(C)OB(c2ccc(-c3cncnc3)nc2F)OC1(C)C. The molecule has 1 aliphatic heterocycles. The van der Waals surface area contributed by atoms with Crippen LogP contribution < -0.4 is 5.46 Å². The molecule has 3 heterocycles. The molecule has 3 rings (SSSR count). The summed E-state index contributed by atoms with van der Waals surface area (Å²) in [6.45, 7) is 7.70. The van der Waals surface area contributed by atoms with Crippen LogP contribution in [0, 0.1) is 5.95 Å². The lowest BCUT2D eigenvalue weighted by atomic mass is 9.80. The van der Waals surface area contributed by atoms with Crippen molar-refractivity contribution in [3.8, 4) is 11.3 Å². The topological polar surface area (TPSA) is 57.1 Å². The van der Waals surface area contributed by atoms with Crippen molar-refractivity contribution >= 4 is 12.6 Å². The Bertz CT molecular complexity index is 678. The maximum absolute atomic E-state index is 14.4. The van der Waals surface area contributed by atoms with Crippen LogP contribution in [0.3, 0.4) is 0 Å². The Hall–Kier alpha value is -1.86. The van der Waals surface area contributed by atoms with Gasteiger partial charge in [0.1, 0.15) is 6.33 Å². The quantitative estimate of drug-likeness (QED) is 0.627. The van der Waals surface area contributed by atoms with Crippen molar-refractivity contribution in [1.29, 1.82) is 0 Å². The third kappa shape index (κ3) is 2.50. The van der Waals surface area contributed by atoms with Crippen molar-refractivity contribution in [2.24, 2.45) is 0 Å². The molecule has 1 saturated heterocycles. The fourth-order valence-corrected chi connectivity index (χ4v) is 2.18. The van der Waals surface area contributed by atoms with Crippen LogP contribution in [-0.2, 0) is 9.31 Å². The summed E-state index contributed by atoms with van der Waals surface area (Å²) in [6, 6.07) is 3.34. The number of aromatic nitrogens is 3. The fourth-order valence-electron chi connectivity index (χ4n) is 2.18. The second-order valence-corrected chi connectivity index (χ2v) is 6.29. The zero-order valence-corrected chi connectivity index (χ0v) is 13.0. The van der Waals surface area contributed by atoms with Gasteiger partial charge in [-0.3, -0.25) is 0 Å². The maximum atomic E-state index is 14.4. The van der Waals surface area contributed by atoms with E-state index in [0.717, 1.165) is 0 Å². The van der Waals surface area contributed by atoms with Gasteiger partial charge in [0.25, 0.3) is 0 Å². The van der Waals surface area contributed by atoms with Gasteiger partial charge in [0.05, 0.1) is 16.9 Å². The van der Waals surface area contributed by atoms with E-state index in [2.05, 4.69) is 15.0 Å². The monoisotopic (exact) mass is 301 g/mol. The number of hydrogen-bond acceptors (Lipinski definition) is 5. The number of nitrogens with zero attached hydrogens (tertiary/aromatic N) is 3. The van der Waals surface area contributed by atoms with E-state index in [1.807, 2.05) is 27.7 Å². The van der Waals surface area contributed by atoms with Crippen LogP contribution in [0.1, 0.15) is 27.7 Å². The molecule has 0 radical (unpaired) electrons. The van der Waals surface area contributed by atoms with Crippen molar-refractivity contribution < 1.29 is 13.7 Å². The summed E-state index contributed by atoms with van der Waals surface area (Å²) in [7, 11) is -0.765. The Morgan fingerprint density at radius 3 is 2.14 bits per heavy atom. The van der Waals surface area contributed by atoms with Crippen LogP contribution in [0.5, 0.6) is 0 Å². The van der Waals surface area contributed by atoms with E-state index < -0.39 is 24.3 Å². The lowest BCUT2D eigenvalue weighted by Gasteiger charge is -2.32. The fraction of sp³-hybridized carbons (Fsp3) is 0.400. The minimum absolute atomic E-state index is 0.291. The van der Waals surface area contributed by atoms with Crippen LogP contribution >= 0.6 is 0 Å². The van der Waals surface area contributed by atoms with Crippen LogP contribution in [-0.4, -0.2) is 33.3 Å². The van der Waals surface area contributed by atoms with Gasteiger partial charge in [-0.1, -0.05) is 6.07 Å². The molecular formula is C15H17BFN3O2. The van der Waals surface area contributed by atoms with Crippen molar-refractivity contribution in [1.82, 2.24) is 15.0 Å². The average Bonchev–Trinajstić information content (AvgIpc) is 2.68. The van der Waals surface area contributed by atoms with Crippen molar-refractivity contribution in [3.05, 3.63) is 36.8 Å². The summed E-state index contributed by atoms with van der Waals surface area (Å²) in [6.07, 6.45) is 4.59. The van der Waals surface area contributed by atoms with Crippen LogP contribution in [0.25, 0.3) is 11.3 Å². The van der Waals surface area contributed by atoms with E-state index in [0.29, 0.717) is 16.7 Å². The summed E-state index contributed by atoms with van der Waals surface area (Å²) in [5.74, 6) is -0.611. The second-order valence-electron chi connectivity index (χ2n) is 6.29. The van der Waals surface area contributed by atoms with Gasteiger partial charge in [0.2, 0.25) is 5.95 Å². The molecule has 0 aromatic carbocycles. The van der Waals surface area contributed by atoms with E-state index in [1.165, 1.54) is 6.33 Å². The van der Waals surface area contributed by atoms with Crippen LogP contribution in [0.2, 0.25) is 0 Å². The highest BCUT2D eigenvalue weighted by atomic mass is 19.1. The van der Waals surface area contributed by atoms with Crippen molar-refractivity contribution in [2.75, 3.05) is 0 Å². The third-order valence-electron chi connectivity index (χ3n) is 4.24. The predicted molar refractivity (Wildman–Crippen MR) is 80.9 cm³/mol. The molecule has 0 amide bonds. The average molecular weight is 301 g/mol. The lowest BCUT2D eigenvalue weighted by molar-refractivity contribution is 0.00578. The zero-order valence-electron chi connectivity index (χ0n) is 13.0. The zero-order chi connectivity index (χ0) is 16.0. The van der Waals surface area contributed by atoms with Crippen LogP contribution in [0.4, 0.5) is 4.39 Å². The minimum Gasteiger partial charge on any atom is -0.399 e. The van der Waals surface area contributed by atoms with E-state index in [-0.39, 0.29) is 0 Å². The molecular weight excluding hydrogens is 284 g/mol. The highest BCUT2D eigenvalue weighted by molar-refractivity contribution is 6.62. The lowest BCUT2D eigenvalue weighted by Crippen LogP contribution is -2.41. The molecule has 0 saturated carbocycles. The first kappa shape index (κ1) is 15.1. The molecule has 22 heavy (non-hydrogen) atoms. The second kappa shape index (κ2) is 5.10. The van der Waals surface area contributed by atoms with Gasteiger partial charge in [-0.25, -0.2) is 15.0 Å². The summed E-state index contributed by atoms with van der Waals surface area (Å²) >= 11 is 0. The molecule has 2 aromatic heterocycles. The minimum atomic E-state index is -0.765. The van der Waals surface area contributed by atoms with Gasteiger partial charge in [-0.2, -0.15) is 4.39 Å². The van der Waals surface area contributed by atoms with Gasteiger partial charge in [-0.05, 0) is 33.8 Å². The molecule has 0 bridgehead atoms. The van der Waals surface area contributed by atoms with Gasteiger partial charge < -0.3 is 9.31 Å². The molecule has 114 valence electrons. The summed E-state index contributed by atoms with van der Waals surface area (Å²) in [4.78, 5) is 11.8. The standard InChI is InChI=1S/C15H17BFN3O2/c1-14(2)15(3,4)22-16(21-14)11-5-6-12(20-13(11)17)10-7-18-9-19-8-10/h5-9H,1-4H3. The first-order valence-electron chi connectivity index (χ1n) is 7.08. The summed E-state index contributed by atoms with van der Waals surface area (Å²) in [5.41, 5.74) is 0.381. The molecule has 1 fully saturated rings. The smallest absolute Gasteiger partial charge is 0.399 e. The first-order valence-corrected chi connectivity index (χ1v) is 7.08. The molecule has 0 aliphatic carbocycles.